The maximum Gasteiger partial charge on any atom is 0.411 e. The number of rotatable bonds is 1. The van der Waals surface area contributed by atoms with E-state index in [4.69, 9.17) is 0 Å². The lowest BCUT2D eigenvalue weighted by molar-refractivity contribution is -0.673. The number of fused-ring (bicyclic) bond motifs is 1. The molecular formula is C11H9N5O2. The molecule has 7 heteroatoms. The summed E-state index contributed by atoms with van der Waals surface area (Å²) in [6.45, 7) is 0. The lowest BCUT2D eigenvalue weighted by Crippen LogP contribution is -2.43. The van der Waals surface area contributed by atoms with Crippen molar-refractivity contribution in [1.29, 1.82) is 0 Å². The lowest BCUT2D eigenvalue weighted by atomic mass is 10.3. The fourth-order valence-corrected chi connectivity index (χ4v) is 1.80. The Labute approximate surface area is 102 Å². The van der Waals surface area contributed by atoms with Crippen molar-refractivity contribution in [2.45, 2.75) is 0 Å². The maximum atomic E-state index is 12.2. The van der Waals surface area contributed by atoms with Crippen LogP contribution in [0.4, 0.5) is 0 Å². The number of aryl methyl sites for hydroxylation is 1. The van der Waals surface area contributed by atoms with E-state index in [0.29, 0.717) is 15.1 Å². The van der Waals surface area contributed by atoms with Crippen LogP contribution in [0.15, 0.2) is 36.7 Å². The van der Waals surface area contributed by atoms with Gasteiger partial charge >= 0.3 is 11.3 Å². The van der Waals surface area contributed by atoms with Crippen molar-refractivity contribution < 1.29 is 9.58 Å². The van der Waals surface area contributed by atoms with Gasteiger partial charge in [-0.2, -0.15) is 5.10 Å². The molecular weight excluding hydrogens is 234 g/mol. The Balaban J connectivity index is 2.34. The van der Waals surface area contributed by atoms with Crippen molar-refractivity contribution >= 4 is 11.0 Å². The van der Waals surface area contributed by atoms with Crippen LogP contribution in [0.2, 0.25) is 0 Å². The van der Waals surface area contributed by atoms with Gasteiger partial charge in [0.1, 0.15) is 5.56 Å². The van der Waals surface area contributed by atoms with Crippen molar-refractivity contribution in [1.82, 2.24) is 14.9 Å². The first-order valence-electron chi connectivity index (χ1n) is 5.28. The van der Waals surface area contributed by atoms with Crippen LogP contribution in [0.3, 0.4) is 0 Å². The minimum absolute atomic E-state index is 0.0387. The summed E-state index contributed by atoms with van der Waals surface area (Å²) in [6.07, 6.45) is 3.12. The van der Waals surface area contributed by atoms with E-state index in [1.54, 1.807) is 42.2 Å². The highest BCUT2D eigenvalue weighted by atomic mass is 16.5. The third-order valence-electron chi connectivity index (χ3n) is 2.65. The van der Waals surface area contributed by atoms with Crippen LogP contribution in [-0.4, -0.2) is 14.9 Å². The molecule has 0 spiro atoms. The molecule has 0 atom stereocenters. The van der Waals surface area contributed by atoms with E-state index in [1.165, 1.54) is 6.20 Å². The first-order valence-corrected chi connectivity index (χ1v) is 5.28. The van der Waals surface area contributed by atoms with Gasteiger partial charge in [-0.05, 0) is 6.07 Å². The molecule has 2 heterocycles. The van der Waals surface area contributed by atoms with E-state index in [2.05, 4.69) is 10.2 Å². The first kappa shape index (κ1) is 10.5. The van der Waals surface area contributed by atoms with Crippen molar-refractivity contribution in [3.63, 3.8) is 0 Å². The molecule has 0 saturated carbocycles. The molecule has 3 rings (SSSR count). The average molecular weight is 243 g/mol. The van der Waals surface area contributed by atoms with E-state index in [-0.39, 0.29) is 16.9 Å². The standard InChI is InChI=1S/C11H9N5O2/c1-14-7-8(6-12-14)11-13-16(18)10-5-3-2-4-9(10)15(11)17/h2-7H,1H3. The van der Waals surface area contributed by atoms with Crippen LogP contribution in [0, 0.1) is 10.4 Å². The Kier molecular flexibility index (Phi) is 2.12. The molecule has 0 aliphatic carbocycles. The van der Waals surface area contributed by atoms with Gasteiger partial charge in [0.15, 0.2) is 0 Å². The summed E-state index contributed by atoms with van der Waals surface area (Å²) < 4.78 is 2.18. The fraction of sp³-hybridized carbons (Fsp3) is 0.0909. The van der Waals surface area contributed by atoms with Gasteiger partial charge in [-0.25, -0.2) is 4.73 Å². The van der Waals surface area contributed by atoms with Crippen LogP contribution in [-0.2, 0) is 7.05 Å². The van der Waals surface area contributed by atoms with Crippen LogP contribution in [0.5, 0.6) is 0 Å². The predicted molar refractivity (Wildman–Crippen MR) is 61.9 cm³/mol. The van der Waals surface area contributed by atoms with Crippen LogP contribution in [0.25, 0.3) is 22.4 Å². The summed E-state index contributed by atoms with van der Waals surface area (Å²) in [5, 5.41) is 31.6. The zero-order chi connectivity index (χ0) is 12.7. The summed E-state index contributed by atoms with van der Waals surface area (Å²) in [4.78, 5) is 0.450. The van der Waals surface area contributed by atoms with E-state index in [9.17, 15) is 10.4 Å². The summed E-state index contributed by atoms with van der Waals surface area (Å²) in [6, 6.07) is 6.51. The molecule has 0 unspecified atom stereocenters. The largest absolute Gasteiger partial charge is 0.710 e. The van der Waals surface area contributed by atoms with Crippen LogP contribution < -0.4 is 9.58 Å². The van der Waals surface area contributed by atoms with Crippen molar-refractivity contribution in [2.75, 3.05) is 0 Å². The molecule has 0 saturated heterocycles. The minimum Gasteiger partial charge on any atom is -0.710 e. The molecule has 7 nitrogen and oxygen atoms in total. The van der Waals surface area contributed by atoms with Gasteiger partial charge in [-0.15, -0.1) is 0 Å². The summed E-state index contributed by atoms with van der Waals surface area (Å²) in [7, 11) is 1.73. The average Bonchev–Trinajstić information content (AvgIpc) is 2.80. The summed E-state index contributed by atoms with van der Waals surface area (Å²) in [5.74, 6) is 0.0387. The highest BCUT2D eigenvalue weighted by molar-refractivity contribution is 5.68. The summed E-state index contributed by atoms with van der Waals surface area (Å²) in [5.41, 5.74) is 1.02. The minimum atomic E-state index is 0.0387. The molecule has 0 N–H and O–H groups in total. The second-order valence-corrected chi connectivity index (χ2v) is 3.88. The highest BCUT2D eigenvalue weighted by Crippen LogP contribution is 2.12. The normalized spacial score (nSPS) is 10.9. The third kappa shape index (κ3) is 1.45. The predicted octanol–water partition coefficient (Wildman–Crippen LogP) is -0.0979. The fourth-order valence-electron chi connectivity index (χ4n) is 1.80. The van der Waals surface area contributed by atoms with Crippen LogP contribution in [0.1, 0.15) is 0 Å². The number of hydrogen-bond donors (Lipinski definition) is 0. The van der Waals surface area contributed by atoms with Gasteiger partial charge in [0.2, 0.25) is 10.6 Å². The SMILES string of the molecule is Cn1cc(-c2n[n+]([O-])c3ccccc3[n+]2[O-])cn1. The van der Waals surface area contributed by atoms with Gasteiger partial charge < -0.3 is 10.4 Å². The molecule has 0 fully saturated rings. The quantitative estimate of drug-likeness (QED) is 0.441. The molecule has 0 radical (unpaired) electrons. The maximum absolute atomic E-state index is 12.2. The number of nitrogens with zero attached hydrogens (tertiary/aromatic N) is 5. The second-order valence-electron chi connectivity index (χ2n) is 3.88. The Morgan fingerprint density at radius 1 is 1.17 bits per heavy atom. The molecule has 0 bridgehead atoms. The Morgan fingerprint density at radius 3 is 2.56 bits per heavy atom. The van der Waals surface area contributed by atoms with Crippen molar-refractivity contribution in [3.8, 4) is 11.4 Å². The van der Waals surface area contributed by atoms with Crippen molar-refractivity contribution in [3.05, 3.63) is 47.1 Å². The third-order valence-corrected chi connectivity index (χ3v) is 2.65. The lowest BCUT2D eigenvalue weighted by Gasteiger charge is -2.05. The topological polar surface area (TPSA) is 84.6 Å². The zero-order valence-corrected chi connectivity index (χ0v) is 9.52. The van der Waals surface area contributed by atoms with Crippen molar-refractivity contribution in [2.24, 2.45) is 7.05 Å². The van der Waals surface area contributed by atoms with Gasteiger partial charge in [0.25, 0.3) is 0 Å². The zero-order valence-electron chi connectivity index (χ0n) is 9.52. The number of benzene rings is 1. The monoisotopic (exact) mass is 243 g/mol. The number of para-hydroxylation sites is 2. The molecule has 0 aliphatic heterocycles. The van der Waals surface area contributed by atoms with Gasteiger partial charge in [-0.1, -0.05) is 12.1 Å². The summed E-state index contributed by atoms with van der Waals surface area (Å²) >= 11 is 0. The molecule has 0 amide bonds. The Hall–Kier alpha value is -2.70. The highest BCUT2D eigenvalue weighted by Gasteiger charge is 2.24. The van der Waals surface area contributed by atoms with Crippen LogP contribution >= 0.6 is 0 Å². The molecule has 1 aromatic carbocycles. The number of hydrogen-bond acceptors (Lipinski definition) is 4. The Morgan fingerprint density at radius 2 is 1.89 bits per heavy atom. The molecule has 18 heavy (non-hydrogen) atoms. The van der Waals surface area contributed by atoms with E-state index in [1.807, 2.05) is 0 Å². The number of aromatic nitrogens is 5. The van der Waals surface area contributed by atoms with E-state index in [0.717, 1.165) is 0 Å². The molecule has 2 aromatic heterocycles. The molecule has 90 valence electrons. The first-order chi connectivity index (χ1) is 8.66. The second kappa shape index (κ2) is 3.66. The molecule has 0 aliphatic rings. The van der Waals surface area contributed by atoms with Gasteiger partial charge in [0.05, 0.1) is 11.0 Å². The smallest absolute Gasteiger partial charge is 0.411 e. The van der Waals surface area contributed by atoms with E-state index >= 15 is 0 Å². The van der Waals surface area contributed by atoms with Gasteiger partial charge in [0, 0.05) is 19.3 Å². The Bertz CT molecular complexity index is 737. The molecule has 3 aromatic rings. The van der Waals surface area contributed by atoms with E-state index < -0.39 is 0 Å². The van der Waals surface area contributed by atoms with Gasteiger partial charge in [-0.3, -0.25) is 4.68 Å².